The van der Waals surface area contributed by atoms with Crippen LogP contribution in [0.5, 0.6) is 0 Å². The summed E-state index contributed by atoms with van der Waals surface area (Å²) < 4.78 is 1.79. The smallest absolute Gasteiger partial charge is 0.253 e. The Morgan fingerprint density at radius 3 is 2.57 bits per heavy atom. The Labute approximate surface area is 163 Å². The lowest BCUT2D eigenvalue weighted by Gasteiger charge is -2.48. The number of hydrogen-bond acceptors (Lipinski definition) is 5. The van der Waals surface area contributed by atoms with Crippen molar-refractivity contribution in [3.8, 4) is 5.69 Å². The van der Waals surface area contributed by atoms with Gasteiger partial charge >= 0.3 is 0 Å². The lowest BCUT2D eigenvalue weighted by Crippen LogP contribution is -2.55. The number of aliphatic hydroxyl groups is 1. The molecule has 2 amide bonds. The van der Waals surface area contributed by atoms with Gasteiger partial charge in [-0.15, -0.1) is 10.2 Å². The molecule has 2 aliphatic rings. The summed E-state index contributed by atoms with van der Waals surface area (Å²) in [7, 11) is 0. The number of likely N-dealkylation sites (tertiary alicyclic amines) is 2. The van der Waals surface area contributed by atoms with Crippen molar-refractivity contribution >= 4 is 11.8 Å². The zero-order chi connectivity index (χ0) is 19.6. The van der Waals surface area contributed by atoms with Gasteiger partial charge < -0.3 is 14.9 Å². The van der Waals surface area contributed by atoms with E-state index >= 15 is 0 Å². The molecule has 1 aromatic carbocycles. The molecule has 0 radical (unpaired) electrons. The molecule has 1 N–H and O–H groups in total. The van der Waals surface area contributed by atoms with Crippen LogP contribution in [0.2, 0.25) is 0 Å². The molecule has 8 heteroatoms. The molecule has 148 valence electrons. The number of carbonyl (C=O) groups is 2. The van der Waals surface area contributed by atoms with Crippen molar-refractivity contribution in [3.63, 3.8) is 0 Å². The standard InChI is InChI=1S/C20H25N5O3/c26-11-10-23-12-20(8-6-18(23)27)7-1-9-24(13-20)19(28)16-2-4-17(5-3-16)25-14-21-22-15-25/h2-5,14-15,26H,1,6-13H2. The first-order chi connectivity index (χ1) is 13.6. The second-order valence-electron chi connectivity index (χ2n) is 7.79. The molecule has 4 rings (SSSR count). The van der Waals surface area contributed by atoms with Gasteiger partial charge in [0, 0.05) is 49.3 Å². The predicted molar refractivity (Wildman–Crippen MR) is 102 cm³/mol. The normalized spacial score (nSPS) is 22.7. The molecule has 1 spiro atoms. The fourth-order valence-electron chi connectivity index (χ4n) is 4.43. The Morgan fingerprint density at radius 2 is 1.86 bits per heavy atom. The lowest BCUT2D eigenvalue weighted by atomic mass is 9.73. The summed E-state index contributed by atoms with van der Waals surface area (Å²) in [5.41, 5.74) is 1.51. The molecular weight excluding hydrogens is 358 g/mol. The number of amides is 2. The summed E-state index contributed by atoms with van der Waals surface area (Å²) in [4.78, 5) is 28.8. The average molecular weight is 383 g/mol. The molecule has 0 bridgehead atoms. The zero-order valence-corrected chi connectivity index (χ0v) is 15.8. The Balaban J connectivity index is 1.47. The van der Waals surface area contributed by atoms with E-state index in [0.717, 1.165) is 31.5 Å². The van der Waals surface area contributed by atoms with E-state index in [1.165, 1.54) is 0 Å². The Kier molecular flexibility index (Phi) is 5.13. The van der Waals surface area contributed by atoms with Crippen LogP contribution in [0.25, 0.3) is 5.69 Å². The van der Waals surface area contributed by atoms with Gasteiger partial charge in [-0.05, 0) is 43.5 Å². The highest BCUT2D eigenvalue weighted by Gasteiger charge is 2.42. The average Bonchev–Trinajstić information content (AvgIpc) is 3.26. The van der Waals surface area contributed by atoms with Crippen LogP contribution in [-0.2, 0) is 4.79 Å². The van der Waals surface area contributed by atoms with Gasteiger partial charge in [0.15, 0.2) is 0 Å². The molecule has 1 atom stereocenters. The Morgan fingerprint density at radius 1 is 1.11 bits per heavy atom. The first-order valence-electron chi connectivity index (χ1n) is 9.73. The molecule has 0 saturated carbocycles. The fraction of sp³-hybridized carbons (Fsp3) is 0.500. The van der Waals surface area contributed by atoms with Crippen molar-refractivity contribution in [2.45, 2.75) is 25.7 Å². The number of aromatic nitrogens is 3. The molecule has 28 heavy (non-hydrogen) atoms. The maximum atomic E-state index is 13.1. The SMILES string of the molecule is O=C1CCC2(CCCN(C(=O)c3ccc(-n4cnnc4)cc3)C2)CN1CCO. The van der Waals surface area contributed by atoms with Gasteiger partial charge in [-0.2, -0.15) is 0 Å². The number of nitrogens with zero attached hydrogens (tertiary/aromatic N) is 5. The van der Waals surface area contributed by atoms with E-state index in [0.29, 0.717) is 31.6 Å². The first-order valence-corrected chi connectivity index (χ1v) is 9.73. The van der Waals surface area contributed by atoms with E-state index < -0.39 is 0 Å². The highest BCUT2D eigenvalue weighted by molar-refractivity contribution is 5.94. The quantitative estimate of drug-likeness (QED) is 0.854. The first kappa shape index (κ1) is 18.6. The van der Waals surface area contributed by atoms with E-state index in [4.69, 9.17) is 0 Å². The summed E-state index contributed by atoms with van der Waals surface area (Å²) >= 11 is 0. The largest absolute Gasteiger partial charge is 0.395 e. The molecule has 2 aliphatic heterocycles. The van der Waals surface area contributed by atoms with Gasteiger partial charge in [-0.25, -0.2) is 0 Å². The number of benzene rings is 1. The second-order valence-corrected chi connectivity index (χ2v) is 7.79. The number of rotatable bonds is 4. The van der Waals surface area contributed by atoms with Gasteiger partial charge in [0.25, 0.3) is 5.91 Å². The fourth-order valence-corrected chi connectivity index (χ4v) is 4.43. The van der Waals surface area contributed by atoms with Gasteiger partial charge in [-0.1, -0.05) is 0 Å². The minimum Gasteiger partial charge on any atom is -0.395 e. The number of hydrogen-bond donors (Lipinski definition) is 1. The summed E-state index contributed by atoms with van der Waals surface area (Å²) in [5, 5.41) is 16.8. The van der Waals surface area contributed by atoms with Crippen molar-refractivity contribution in [1.29, 1.82) is 0 Å². The molecule has 0 aliphatic carbocycles. The monoisotopic (exact) mass is 383 g/mol. The van der Waals surface area contributed by atoms with E-state index in [1.807, 2.05) is 29.2 Å². The van der Waals surface area contributed by atoms with E-state index in [-0.39, 0.29) is 23.8 Å². The Bertz CT molecular complexity index is 836. The number of piperidine rings is 2. The minimum absolute atomic E-state index is 0.0246. The summed E-state index contributed by atoms with van der Waals surface area (Å²) in [6.07, 6.45) is 6.49. The van der Waals surface area contributed by atoms with Gasteiger partial charge in [-0.3, -0.25) is 14.2 Å². The summed E-state index contributed by atoms with van der Waals surface area (Å²) in [6, 6.07) is 7.44. The van der Waals surface area contributed by atoms with Crippen LogP contribution in [0, 0.1) is 5.41 Å². The van der Waals surface area contributed by atoms with Crippen LogP contribution >= 0.6 is 0 Å². The van der Waals surface area contributed by atoms with Crippen molar-refractivity contribution < 1.29 is 14.7 Å². The van der Waals surface area contributed by atoms with Crippen LogP contribution < -0.4 is 0 Å². The van der Waals surface area contributed by atoms with Gasteiger partial charge in [0.1, 0.15) is 12.7 Å². The van der Waals surface area contributed by atoms with Crippen molar-refractivity contribution in [2.75, 3.05) is 32.8 Å². The maximum Gasteiger partial charge on any atom is 0.253 e. The number of β-amino-alcohol motifs (C(OH)–C–C–N with tert-alkyl or cyclic N) is 1. The minimum atomic E-state index is -0.0561. The van der Waals surface area contributed by atoms with E-state index in [1.54, 1.807) is 22.1 Å². The van der Waals surface area contributed by atoms with Crippen LogP contribution in [0.15, 0.2) is 36.9 Å². The third-order valence-corrected chi connectivity index (χ3v) is 5.90. The van der Waals surface area contributed by atoms with Crippen LogP contribution in [0.1, 0.15) is 36.0 Å². The third kappa shape index (κ3) is 3.64. The molecule has 8 nitrogen and oxygen atoms in total. The molecule has 2 aromatic rings. The molecule has 1 unspecified atom stereocenters. The number of carbonyl (C=O) groups excluding carboxylic acids is 2. The van der Waals surface area contributed by atoms with E-state index in [2.05, 4.69) is 10.2 Å². The molecule has 2 saturated heterocycles. The predicted octanol–water partition coefficient (Wildman–Crippen LogP) is 1.10. The van der Waals surface area contributed by atoms with Crippen LogP contribution in [0.4, 0.5) is 0 Å². The highest BCUT2D eigenvalue weighted by Crippen LogP contribution is 2.39. The van der Waals surface area contributed by atoms with Crippen LogP contribution in [-0.4, -0.2) is 74.3 Å². The molecule has 2 fully saturated rings. The molecular formula is C20H25N5O3. The summed E-state index contributed by atoms with van der Waals surface area (Å²) in [5.74, 6) is 0.132. The zero-order valence-electron chi connectivity index (χ0n) is 15.8. The van der Waals surface area contributed by atoms with Crippen molar-refractivity contribution in [3.05, 3.63) is 42.5 Å². The topological polar surface area (TPSA) is 91.6 Å². The van der Waals surface area contributed by atoms with Gasteiger partial charge in [0.2, 0.25) is 5.91 Å². The lowest BCUT2D eigenvalue weighted by molar-refractivity contribution is -0.139. The number of aliphatic hydroxyl groups excluding tert-OH is 1. The Hall–Kier alpha value is -2.74. The highest BCUT2D eigenvalue weighted by atomic mass is 16.3. The van der Waals surface area contributed by atoms with Crippen molar-refractivity contribution in [2.24, 2.45) is 5.41 Å². The van der Waals surface area contributed by atoms with Crippen molar-refractivity contribution in [1.82, 2.24) is 24.6 Å². The molecule has 3 heterocycles. The maximum absolute atomic E-state index is 13.1. The summed E-state index contributed by atoms with van der Waals surface area (Å²) in [6.45, 7) is 2.38. The third-order valence-electron chi connectivity index (χ3n) is 5.90. The van der Waals surface area contributed by atoms with E-state index in [9.17, 15) is 14.7 Å². The van der Waals surface area contributed by atoms with Crippen LogP contribution in [0.3, 0.4) is 0 Å². The second kappa shape index (κ2) is 7.71. The van der Waals surface area contributed by atoms with Gasteiger partial charge in [0.05, 0.1) is 6.61 Å². The molecule has 1 aromatic heterocycles.